The summed E-state index contributed by atoms with van der Waals surface area (Å²) in [6, 6.07) is 16.2. The van der Waals surface area contributed by atoms with Crippen molar-refractivity contribution in [2.75, 3.05) is 27.9 Å². The first kappa shape index (κ1) is 21.5. The van der Waals surface area contributed by atoms with E-state index in [-0.39, 0.29) is 11.8 Å². The first-order chi connectivity index (χ1) is 16.1. The fourth-order valence-corrected chi connectivity index (χ4v) is 5.12. The minimum atomic E-state index is 0.140. The number of fused-ring (bicyclic) bond motifs is 4. The second kappa shape index (κ2) is 8.87. The lowest BCUT2D eigenvalue weighted by molar-refractivity contribution is 0.153. The Morgan fingerprint density at radius 2 is 1.70 bits per heavy atom. The van der Waals surface area contributed by atoms with Crippen molar-refractivity contribution in [1.82, 2.24) is 4.90 Å². The number of hydrogen-bond acceptors (Lipinski definition) is 6. The Morgan fingerprint density at radius 1 is 0.909 bits per heavy atom. The van der Waals surface area contributed by atoms with E-state index in [0.717, 1.165) is 47.4 Å². The molecule has 3 aromatic carbocycles. The highest BCUT2D eigenvalue weighted by molar-refractivity contribution is 5.62. The Morgan fingerprint density at radius 3 is 2.42 bits per heavy atom. The average molecular weight is 448 g/mol. The van der Waals surface area contributed by atoms with Crippen molar-refractivity contribution in [2.45, 2.75) is 32.0 Å². The lowest BCUT2D eigenvalue weighted by Crippen LogP contribution is -2.39. The summed E-state index contributed by atoms with van der Waals surface area (Å²) in [5, 5.41) is 10.7. The predicted octanol–water partition coefficient (Wildman–Crippen LogP) is 4.65. The third kappa shape index (κ3) is 3.74. The van der Waals surface area contributed by atoms with E-state index in [2.05, 4.69) is 17.0 Å². The molecular formula is C27H29NO5. The van der Waals surface area contributed by atoms with E-state index in [4.69, 9.17) is 18.9 Å². The molecule has 2 aliphatic heterocycles. The average Bonchev–Trinajstić information content (AvgIpc) is 2.86. The Kier molecular flexibility index (Phi) is 5.77. The number of rotatable bonds is 6. The number of methoxy groups -OCH3 is 3. The number of aromatic hydroxyl groups is 1. The van der Waals surface area contributed by atoms with Crippen LogP contribution < -0.4 is 18.9 Å². The lowest BCUT2D eigenvalue weighted by Gasteiger charge is -2.42. The van der Waals surface area contributed by atoms with E-state index in [9.17, 15) is 5.11 Å². The Bertz CT molecular complexity index is 1160. The third-order valence-corrected chi connectivity index (χ3v) is 6.75. The van der Waals surface area contributed by atoms with Crippen LogP contribution in [0.3, 0.4) is 0 Å². The van der Waals surface area contributed by atoms with Crippen molar-refractivity contribution in [1.29, 1.82) is 0 Å². The van der Waals surface area contributed by atoms with Gasteiger partial charge in [0.2, 0.25) is 5.75 Å². The van der Waals surface area contributed by atoms with Gasteiger partial charge >= 0.3 is 0 Å². The van der Waals surface area contributed by atoms with E-state index < -0.39 is 0 Å². The molecule has 1 unspecified atom stereocenters. The Hall–Kier alpha value is -3.38. The van der Waals surface area contributed by atoms with Gasteiger partial charge in [-0.25, -0.2) is 0 Å². The molecule has 172 valence electrons. The molecule has 1 N–H and O–H groups in total. The van der Waals surface area contributed by atoms with Gasteiger partial charge in [0.1, 0.15) is 6.61 Å². The quantitative estimate of drug-likeness (QED) is 0.594. The van der Waals surface area contributed by atoms with Crippen molar-refractivity contribution in [2.24, 2.45) is 0 Å². The van der Waals surface area contributed by atoms with Crippen LogP contribution >= 0.6 is 0 Å². The SMILES string of the molecule is COc1ccc2c(c1O)CN1CCc3cc(OCc4ccccc4)c(OC)c(OC)c3C1C2. The molecule has 0 amide bonds. The highest BCUT2D eigenvalue weighted by Gasteiger charge is 2.37. The fraction of sp³-hybridized carbons (Fsp3) is 0.333. The monoisotopic (exact) mass is 447 g/mol. The summed E-state index contributed by atoms with van der Waals surface area (Å²) < 4.78 is 23.2. The number of ether oxygens (including phenoxy) is 4. The van der Waals surface area contributed by atoms with Crippen molar-refractivity contribution >= 4 is 0 Å². The molecule has 5 rings (SSSR count). The molecule has 2 aliphatic rings. The zero-order valence-electron chi connectivity index (χ0n) is 19.3. The highest BCUT2D eigenvalue weighted by Crippen LogP contribution is 2.51. The summed E-state index contributed by atoms with van der Waals surface area (Å²) in [5.74, 6) is 2.81. The molecule has 0 saturated heterocycles. The van der Waals surface area contributed by atoms with Gasteiger partial charge in [0.25, 0.3) is 0 Å². The summed E-state index contributed by atoms with van der Waals surface area (Å²) in [5.41, 5.74) is 5.55. The molecule has 33 heavy (non-hydrogen) atoms. The molecule has 0 radical (unpaired) electrons. The van der Waals surface area contributed by atoms with Crippen LogP contribution in [0.2, 0.25) is 0 Å². The number of hydrogen-bond donors (Lipinski definition) is 1. The molecule has 0 aromatic heterocycles. The molecule has 3 aromatic rings. The minimum Gasteiger partial charge on any atom is -0.504 e. The van der Waals surface area contributed by atoms with Gasteiger partial charge in [0, 0.05) is 30.3 Å². The van der Waals surface area contributed by atoms with E-state index in [1.807, 2.05) is 36.4 Å². The molecule has 0 fully saturated rings. The number of phenols is 1. The zero-order chi connectivity index (χ0) is 22.9. The number of phenolic OH excluding ortho intramolecular Hbond substituents is 1. The van der Waals surface area contributed by atoms with Crippen LogP contribution in [0.4, 0.5) is 0 Å². The molecule has 0 spiro atoms. The second-order valence-electron chi connectivity index (χ2n) is 8.48. The van der Waals surface area contributed by atoms with Crippen molar-refractivity contribution < 1.29 is 24.1 Å². The number of nitrogens with zero attached hydrogens (tertiary/aromatic N) is 1. The molecule has 6 heteroatoms. The summed E-state index contributed by atoms with van der Waals surface area (Å²) in [6.07, 6.45) is 1.65. The zero-order valence-corrected chi connectivity index (χ0v) is 19.3. The summed E-state index contributed by atoms with van der Waals surface area (Å²) in [7, 11) is 4.92. The standard InChI is InChI=1S/C27H29NO5/c1-30-22-10-9-18-13-21-24-19(11-12-28(21)15-20(18)25(22)29)14-23(26(31-2)27(24)32-3)33-16-17-7-5-4-6-8-17/h4-10,14,21,29H,11-13,15-16H2,1-3H3. The summed E-state index contributed by atoms with van der Waals surface area (Å²) in [4.78, 5) is 2.40. The smallest absolute Gasteiger partial charge is 0.203 e. The van der Waals surface area contributed by atoms with Gasteiger partial charge < -0.3 is 24.1 Å². The maximum atomic E-state index is 10.7. The topological polar surface area (TPSA) is 60.4 Å². The molecule has 2 heterocycles. The molecule has 6 nitrogen and oxygen atoms in total. The first-order valence-corrected chi connectivity index (χ1v) is 11.2. The first-order valence-electron chi connectivity index (χ1n) is 11.2. The van der Waals surface area contributed by atoms with Gasteiger partial charge in [-0.3, -0.25) is 4.90 Å². The van der Waals surface area contributed by atoms with Gasteiger partial charge in [0.05, 0.1) is 21.3 Å². The lowest BCUT2D eigenvalue weighted by atomic mass is 9.83. The van der Waals surface area contributed by atoms with E-state index in [1.165, 1.54) is 5.56 Å². The van der Waals surface area contributed by atoms with Crippen LogP contribution in [0.25, 0.3) is 0 Å². The maximum absolute atomic E-state index is 10.7. The van der Waals surface area contributed by atoms with Gasteiger partial charge in [-0.2, -0.15) is 0 Å². The van der Waals surface area contributed by atoms with Crippen LogP contribution in [0.15, 0.2) is 48.5 Å². The maximum Gasteiger partial charge on any atom is 0.203 e. The predicted molar refractivity (Wildman–Crippen MR) is 126 cm³/mol. The molecule has 0 aliphatic carbocycles. The second-order valence-corrected chi connectivity index (χ2v) is 8.48. The van der Waals surface area contributed by atoms with Gasteiger partial charge in [0.15, 0.2) is 23.0 Å². The van der Waals surface area contributed by atoms with Crippen LogP contribution in [0, 0.1) is 0 Å². The van der Waals surface area contributed by atoms with Gasteiger partial charge in [-0.1, -0.05) is 36.4 Å². The molecule has 0 saturated carbocycles. The Balaban J connectivity index is 1.52. The van der Waals surface area contributed by atoms with Crippen molar-refractivity contribution in [3.8, 4) is 28.7 Å². The summed E-state index contributed by atoms with van der Waals surface area (Å²) >= 11 is 0. The third-order valence-electron chi connectivity index (χ3n) is 6.75. The van der Waals surface area contributed by atoms with Crippen molar-refractivity contribution in [3.63, 3.8) is 0 Å². The van der Waals surface area contributed by atoms with E-state index >= 15 is 0 Å². The fourth-order valence-electron chi connectivity index (χ4n) is 5.12. The van der Waals surface area contributed by atoms with Crippen LogP contribution in [0.1, 0.15) is 33.9 Å². The minimum absolute atomic E-state index is 0.140. The van der Waals surface area contributed by atoms with Crippen LogP contribution in [-0.2, 0) is 26.0 Å². The summed E-state index contributed by atoms with van der Waals surface area (Å²) in [6.45, 7) is 2.02. The van der Waals surface area contributed by atoms with Gasteiger partial charge in [-0.05, 0) is 41.7 Å². The van der Waals surface area contributed by atoms with E-state index in [0.29, 0.717) is 30.4 Å². The normalized spacial score (nSPS) is 16.9. The van der Waals surface area contributed by atoms with Crippen LogP contribution in [-0.4, -0.2) is 37.9 Å². The van der Waals surface area contributed by atoms with E-state index in [1.54, 1.807) is 21.3 Å². The van der Waals surface area contributed by atoms with Crippen molar-refractivity contribution in [3.05, 3.63) is 76.3 Å². The van der Waals surface area contributed by atoms with Gasteiger partial charge in [-0.15, -0.1) is 0 Å². The number of benzene rings is 3. The Labute approximate surface area is 194 Å². The van der Waals surface area contributed by atoms with Crippen LogP contribution in [0.5, 0.6) is 28.7 Å². The molecular weight excluding hydrogens is 418 g/mol. The molecule has 1 atom stereocenters. The largest absolute Gasteiger partial charge is 0.504 e. The molecule has 0 bridgehead atoms. The highest BCUT2D eigenvalue weighted by atomic mass is 16.5.